The Morgan fingerprint density at radius 1 is 1.53 bits per heavy atom. The largest absolute Gasteiger partial charge is 0.300 e. The zero-order chi connectivity index (χ0) is 11.5. The highest BCUT2D eigenvalue weighted by atomic mass is 28.3. The summed E-state index contributed by atoms with van der Waals surface area (Å²) in [6.45, 7) is 11.1. The molecule has 1 aliphatic carbocycles. The van der Waals surface area contributed by atoms with Crippen molar-refractivity contribution in [2.24, 2.45) is 11.8 Å². The summed E-state index contributed by atoms with van der Waals surface area (Å²) in [7, 11) is -1.03. The van der Waals surface area contributed by atoms with E-state index in [1.165, 1.54) is 12.5 Å². The molecule has 2 atom stereocenters. The van der Waals surface area contributed by atoms with Crippen LogP contribution in [0.15, 0.2) is 12.7 Å². The molecule has 0 aromatic carbocycles. The Kier molecular flexibility index (Phi) is 4.32. The van der Waals surface area contributed by atoms with E-state index in [1.54, 1.807) is 0 Å². The van der Waals surface area contributed by atoms with E-state index >= 15 is 0 Å². The van der Waals surface area contributed by atoms with Crippen LogP contribution in [0.2, 0.25) is 25.7 Å². The third kappa shape index (κ3) is 4.33. The van der Waals surface area contributed by atoms with Crippen molar-refractivity contribution in [3.63, 3.8) is 0 Å². The van der Waals surface area contributed by atoms with Crippen LogP contribution in [0, 0.1) is 11.8 Å². The van der Waals surface area contributed by atoms with Gasteiger partial charge in [0.25, 0.3) is 0 Å². The van der Waals surface area contributed by atoms with Crippen LogP contribution in [0.4, 0.5) is 0 Å². The van der Waals surface area contributed by atoms with Crippen molar-refractivity contribution in [1.82, 2.24) is 0 Å². The predicted molar refractivity (Wildman–Crippen MR) is 68.8 cm³/mol. The van der Waals surface area contributed by atoms with E-state index in [2.05, 4.69) is 32.3 Å². The number of carbonyl (C=O) groups is 1. The van der Waals surface area contributed by atoms with Crippen LogP contribution in [0.25, 0.3) is 0 Å². The number of Topliss-reactive ketones (excluding diaryl/α,β-unsaturated/α-hetero) is 1. The molecule has 1 saturated carbocycles. The number of allylic oxidation sites excluding steroid dienone is 1. The Hall–Kier alpha value is -0.373. The number of carbonyl (C=O) groups excluding carboxylic acids is 1. The molecule has 86 valence electrons. The first-order chi connectivity index (χ1) is 6.92. The third-order valence-electron chi connectivity index (χ3n) is 3.28. The zero-order valence-electron chi connectivity index (χ0n) is 10.4. The molecule has 0 aliphatic heterocycles. The van der Waals surface area contributed by atoms with Crippen LogP contribution in [-0.2, 0) is 4.79 Å². The highest BCUT2D eigenvalue weighted by molar-refractivity contribution is 6.76. The highest BCUT2D eigenvalue weighted by Crippen LogP contribution is 2.33. The Morgan fingerprint density at radius 3 is 2.67 bits per heavy atom. The lowest BCUT2D eigenvalue weighted by Gasteiger charge is -2.31. The van der Waals surface area contributed by atoms with Gasteiger partial charge in [0, 0.05) is 20.9 Å². The molecule has 0 heterocycles. The fourth-order valence-corrected chi connectivity index (χ4v) is 4.49. The zero-order valence-corrected chi connectivity index (χ0v) is 11.4. The summed E-state index contributed by atoms with van der Waals surface area (Å²) in [4.78, 5) is 11.4. The first-order valence-corrected chi connectivity index (χ1v) is 9.77. The maximum Gasteiger partial charge on any atom is 0.133 e. The van der Waals surface area contributed by atoms with Crippen molar-refractivity contribution in [2.45, 2.75) is 51.4 Å². The van der Waals surface area contributed by atoms with Gasteiger partial charge >= 0.3 is 0 Å². The second kappa shape index (κ2) is 5.11. The van der Waals surface area contributed by atoms with Gasteiger partial charge in [-0.05, 0) is 24.7 Å². The van der Waals surface area contributed by atoms with Gasteiger partial charge < -0.3 is 0 Å². The van der Waals surface area contributed by atoms with Crippen LogP contribution in [0.1, 0.15) is 25.7 Å². The van der Waals surface area contributed by atoms with E-state index < -0.39 is 8.07 Å². The first kappa shape index (κ1) is 12.7. The molecule has 0 bridgehead atoms. The summed E-state index contributed by atoms with van der Waals surface area (Å²) in [6.07, 6.45) is 6.04. The number of ketones is 1. The minimum atomic E-state index is -1.03. The predicted octanol–water partition coefficient (Wildman–Crippen LogP) is 3.89. The third-order valence-corrected chi connectivity index (χ3v) is 4.97. The van der Waals surface area contributed by atoms with E-state index in [-0.39, 0.29) is 0 Å². The molecule has 15 heavy (non-hydrogen) atoms. The highest BCUT2D eigenvalue weighted by Gasteiger charge is 2.28. The maximum absolute atomic E-state index is 11.4. The first-order valence-electron chi connectivity index (χ1n) is 6.06. The summed E-state index contributed by atoms with van der Waals surface area (Å²) in [5.41, 5.74) is 0. The van der Waals surface area contributed by atoms with Crippen LogP contribution < -0.4 is 0 Å². The summed E-state index contributed by atoms with van der Waals surface area (Å²) in [5, 5.41) is 0. The molecular formula is C13H24OSi. The fourth-order valence-electron chi connectivity index (χ4n) is 2.57. The van der Waals surface area contributed by atoms with Crippen molar-refractivity contribution in [3.8, 4) is 0 Å². The molecule has 1 aliphatic rings. The average molecular weight is 224 g/mol. The van der Waals surface area contributed by atoms with Crippen LogP contribution in [0.5, 0.6) is 0 Å². The van der Waals surface area contributed by atoms with E-state index in [4.69, 9.17) is 0 Å². The summed E-state index contributed by atoms with van der Waals surface area (Å²) < 4.78 is 0. The van der Waals surface area contributed by atoms with E-state index in [0.29, 0.717) is 17.6 Å². The molecule has 0 aromatic rings. The Bertz CT molecular complexity index is 239. The quantitative estimate of drug-likeness (QED) is 0.523. The lowest BCUT2D eigenvalue weighted by molar-refractivity contribution is -0.121. The van der Waals surface area contributed by atoms with Gasteiger partial charge in [-0.2, -0.15) is 0 Å². The minimum Gasteiger partial charge on any atom is -0.300 e. The van der Waals surface area contributed by atoms with Crippen molar-refractivity contribution in [3.05, 3.63) is 12.7 Å². The van der Waals surface area contributed by atoms with E-state index in [0.717, 1.165) is 19.3 Å². The summed E-state index contributed by atoms with van der Waals surface area (Å²) >= 11 is 0. The van der Waals surface area contributed by atoms with Crippen LogP contribution in [0.3, 0.4) is 0 Å². The molecule has 0 aromatic heterocycles. The molecule has 2 unspecified atom stereocenters. The number of rotatable bonds is 4. The van der Waals surface area contributed by atoms with Crippen molar-refractivity contribution >= 4 is 13.9 Å². The lowest BCUT2D eigenvalue weighted by atomic mass is 9.80. The average Bonchev–Trinajstić information content (AvgIpc) is 2.13. The molecule has 0 amide bonds. The molecule has 1 rings (SSSR count). The van der Waals surface area contributed by atoms with Gasteiger partial charge in [-0.25, -0.2) is 0 Å². The standard InChI is InChI=1S/C13H24OSi/c1-5-11(10-15(2,3)4)12-7-6-8-13(14)9-12/h5,11-12H,1,6-10H2,2-4H3. The maximum atomic E-state index is 11.4. The Labute approximate surface area is 95.0 Å². The smallest absolute Gasteiger partial charge is 0.133 e. The SMILES string of the molecule is C=CC(C[Si](C)(C)C)C1CCCC(=O)C1. The second-order valence-electron chi connectivity index (χ2n) is 6.06. The number of hydrogen-bond acceptors (Lipinski definition) is 1. The van der Waals surface area contributed by atoms with E-state index in [9.17, 15) is 4.79 Å². The van der Waals surface area contributed by atoms with Crippen molar-refractivity contribution < 1.29 is 4.79 Å². The molecule has 1 fully saturated rings. The molecule has 0 spiro atoms. The molecule has 0 N–H and O–H groups in total. The van der Waals surface area contributed by atoms with Crippen molar-refractivity contribution in [2.75, 3.05) is 0 Å². The Balaban J connectivity index is 2.57. The minimum absolute atomic E-state index is 0.466. The van der Waals surface area contributed by atoms with Crippen molar-refractivity contribution in [1.29, 1.82) is 0 Å². The van der Waals surface area contributed by atoms with Gasteiger partial charge in [-0.1, -0.05) is 31.8 Å². The van der Waals surface area contributed by atoms with Gasteiger partial charge in [0.05, 0.1) is 0 Å². The van der Waals surface area contributed by atoms with Gasteiger partial charge in [-0.15, -0.1) is 6.58 Å². The Morgan fingerprint density at radius 2 is 2.20 bits per heavy atom. The summed E-state index contributed by atoms with van der Waals surface area (Å²) in [5.74, 6) is 1.64. The monoisotopic (exact) mass is 224 g/mol. The molecule has 0 radical (unpaired) electrons. The second-order valence-corrected chi connectivity index (χ2v) is 11.6. The molecule has 0 saturated heterocycles. The van der Waals surface area contributed by atoms with Gasteiger partial charge in [0.2, 0.25) is 0 Å². The molecule has 1 nitrogen and oxygen atoms in total. The van der Waals surface area contributed by atoms with Gasteiger partial charge in [0.15, 0.2) is 0 Å². The lowest BCUT2D eigenvalue weighted by Crippen LogP contribution is -2.29. The van der Waals surface area contributed by atoms with Crippen LogP contribution in [-0.4, -0.2) is 13.9 Å². The van der Waals surface area contributed by atoms with Gasteiger partial charge in [0.1, 0.15) is 5.78 Å². The van der Waals surface area contributed by atoms with Crippen LogP contribution >= 0.6 is 0 Å². The van der Waals surface area contributed by atoms with Gasteiger partial charge in [-0.3, -0.25) is 4.79 Å². The normalized spacial score (nSPS) is 25.0. The molecule has 2 heteroatoms. The fraction of sp³-hybridized carbons (Fsp3) is 0.769. The number of hydrogen-bond donors (Lipinski definition) is 0. The van der Waals surface area contributed by atoms with E-state index in [1.807, 2.05) is 0 Å². The summed E-state index contributed by atoms with van der Waals surface area (Å²) in [6, 6.07) is 1.29. The topological polar surface area (TPSA) is 17.1 Å². The molecular weight excluding hydrogens is 200 g/mol.